The number of aliphatic hydroxyl groups excluding tert-OH is 1. The Morgan fingerprint density at radius 1 is 1.67 bits per heavy atom. The summed E-state index contributed by atoms with van der Waals surface area (Å²) in [6, 6.07) is 0. The first kappa shape index (κ1) is 6.52. The van der Waals surface area contributed by atoms with Gasteiger partial charge in [-0.25, -0.2) is 0 Å². The van der Waals surface area contributed by atoms with E-state index < -0.39 is 11.9 Å². The largest absolute Gasteiger partial charge is 0.381 e. The molecule has 1 aliphatic rings. The number of halogens is 1. The molecule has 0 aliphatic heterocycles. The number of carbonyl (C=O) groups is 1. The minimum Gasteiger partial charge on any atom is -0.381 e. The van der Waals surface area contributed by atoms with Gasteiger partial charge in [0.15, 0.2) is 0 Å². The number of rotatable bonds is 0. The lowest BCUT2D eigenvalue weighted by Crippen LogP contribution is -2.19. The van der Waals surface area contributed by atoms with Crippen LogP contribution in [-0.4, -0.2) is 17.0 Å². The van der Waals surface area contributed by atoms with Crippen molar-refractivity contribution >= 4 is 17.4 Å². The third-order valence-electron chi connectivity index (χ3n) is 1.04. The monoisotopic (exact) mass is 144 g/mol. The van der Waals surface area contributed by atoms with Gasteiger partial charge in [-0.3, -0.25) is 4.79 Å². The average molecular weight is 145 g/mol. The zero-order valence-electron chi connectivity index (χ0n) is 4.54. The van der Waals surface area contributed by atoms with Gasteiger partial charge < -0.3 is 5.11 Å². The molecule has 0 aromatic carbocycles. The number of allylic oxidation sites excluding steroid dienone is 2. The Kier molecular flexibility index (Phi) is 1.69. The highest BCUT2D eigenvalue weighted by Crippen LogP contribution is 2.11. The van der Waals surface area contributed by atoms with Gasteiger partial charge in [0.05, 0.1) is 5.03 Å². The predicted octanol–water partition coefficient (Wildman–Crippen LogP) is 0.609. The number of Topliss-reactive ketones (excluding diaryl/α,β-unsaturated/α-hetero) is 1. The van der Waals surface area contributed by atoms with Crippen LogP contribution in [0.5, 0.6) is 0 Å². The number of aliphatic hydroxyl groups is 1. The number of ketones is 1. The highest BCUT2D eigenvalue weighted by atomic mass is 35.5. The molecule has 2 nitrogen and oxygen atoms in total. The number of carbonyl (C=O) groups excluding carboxylic acids is 1. The number of hydrogen-bond acceptors (Lipinski definition) is 2. The molecule has 0 unspecified atom stereocenters. The number of hydrogen-bond donors (Lipinski definition) is 1. The highest BCUT2D eigenvalue weighted by molar-refractivity contribution is 6.43. The summed E-state index contributed by atoms with van der Waals surface area (Å²) in [6.07, 6.45) is 3.35. The molecule has 0 saturated carbocycles. The van der Waals surface area contributed by atoms with E-state index in [0.29, 0.717) is 0 Å². The molecule has 9 heavy (non-hydrogen) atoms. The van der Waals surface area contributed by atoms with Crippen molar-refractivity contribution in [2.45, 2.75) is 6.10 Å². The molecule has 1 N–H and O–H groups in total. The molecule has 1 aliphatic carbocycles. The fraction of sp³-hybridized carbons (Fsp3) is 0.167. The van der Waals surface area contributed by atoms with Gasteiger partial charge in [0.1, 0.15) is 6.10 Å². The topological polar surface area (TPSA) is 37.3 Å². The summed E-state index contributed by atoms with van der Waals surface area (Å²) in [7, 11) is 0. The van der Waals surface area contributed by atoms with E-state index >= 15 is 0 Å². The fourth-order valence-electron chi connectivity index (χ4n) is 0.556. The Labute approximate surface area is 57.4 Å². The van der Waals surface area contributed by atoms with E-state index in [1.165, 1.54) is 12.2 Å². The van der Waals surface area contributed by atoms with Crippen LogP contribution in [-0.2, 0) is 4.79 Å². The van der Waals surface area contributed by atoms with Crippen molar-refractivity contribution in [3.63, 3.8) is 0 Å². The molecule has 48 valence electrons. The van der Waals surface area contributed by atoms with Gasteiger partial charge in [-0.1, -0.05) is 17.7 Å². The molecular formula is C6H5ClO2. The van der Waals surface area contributed by atoms with Crippen molar-refractivity contribution in [1.82, 2.24) is 0 Å². The van der Waals surface area contributed by atoms with E-state index in [0.717, 1.165) is 0 Å². The van der Waals surface area contributed by atoms with Gasteiger partial charge in [-0.05, 0) is 12.2 Å². The lowest BCUT2D eigenvalue weighted by molar-refractivity contribution is -0.120. The first-order chi connectivity index (χ1) is 4.22. The quantitative estimate of drug-likeness (QED) is 0.541. The molecule has 0 bridgehead atoms. The van der Waals surface area contributed by atoms with Crippen molar-refractivity contribution in [2.75, 3.05) is 0 Å². The minimum atomic E-state index is -1.04. The van der Waals surface area contributed by atoms with Crippen LogP contribution < -0.4 is 0 Å². The Hall–Kier alpha value is -0.600. The molecular weight excluding hydrogens is 140 g/mol. The van der Waals surface area contributed by atoms with E-state index in [4.69, 9.17) is 16.7 Å². The van der Waals surface area contributed by atoms with E-state index in [1.807, 2.05) is 0 Å². The first-order valence-electron chi connectivity index (χ1n) is 2.48. The van der Waals surface area contributed by atoms with E-state index in [1.54, 1.807) is 6.08 Å². The SMILES string of the molecule is O=C1C(Cl)=CC=C[C@@H]1O. The Bertz CT molecular complexity index is 193. The van der Waals surface area contributed by atoms with Gasteiger partial charge >= 0.3 is 0 Å². The molecule has 0 spiro atoms. The highest BCUT2D eigenvalue weighted by Gasteiger charge is 2.16. The molecule has 0 fully saturated rings. The lowest BCUT2D eigenvalue weighted by Gasteiger charge is -2.05. The zero-order chi connectivity index (χ0) is 6.85. The Morgan fingerprint density at radius 2 is 2.33 bits per heavy atom. The molecule has 3 heteroatoms. The van der Waals surface area contributed by atoms with Crippen LogP contribution in [0.15, 0.2) is 23.3 Å². The van der Waals surface area contributed by atoms with Crippen LogP contribution in [0.4, 0.5) is 0 Å². The molecule has 0 aromatic heterocycles. The first-order valence-corrected chi connectivity index (χ1v) is 2.86. The summed E-state index contributed by atoms with van der Waals surface area (Å²) in [6.45, 7) is 0. The minimum absolute atomic E-state index is 0.0880. The molecule has 0 radical (unpaired) electrons. The third-order valence-corrected chi connectivity index (χ3v) is 1.35. The van der Waals surface area contributed by atoms with Crippen LogP contribution in [0.3, 0.4) is 0 Å². The van der Waals surface area contributed by atoms with Crippen LogP contribution in [0.25, 0.3) is 0 Å². The molecule has 0 saturated heterocycles. The molecule has 0 aromatic rings. The van der Waals surface area contributed by atoms with E-state index in [-0.39, 0.29) is 5.03 Å². The maximum atomic E-state index is 10.6. The van der Waals surface area contributed by atoms with Crippen molar-refractivity contribution in [3.8, 4) is 0 Å². The van der Waals surface area contributed by atoms with E-state index in [2.05, 4.69) is 0 Å². The maximum absolute atomic E-state index is 10.6. The Balaban J connectivity index is 2.86. The second kappa shape index (κ2) is 2.33. The summed E-state index contributed by atoms with van der Waals surface area (Å²) >= 11 is 5.36. The third kappa shape index (κ3) is 1.20. The van der Waals surface area contributed by atoms with Gasteiger partial charge in [0.2, 0.25) is 5.78 Å². The van der Waals surface area contributed by atoms with Crippen LogP contribution in [0, 0.1) is 0 Å². The predicted molar refractivity (Wildman–Crippen MR) is 34.1 cm³/mol. The second-order valence-electron chi connectivity index (χ2n) is 1.71. The molecule has 0 amide bonds. The second-order valence-corrected chi connectivity index (χ2v) is 2.12. The van der Waals surface area contributed by atoms with Crippen molar-refractivity contribution in [2.24, 2.45) is 0 Å². The summed E-state index contributed by atoms with van der Waals surface area (Å²) in [5.74, 6) is -0.431. The molecule has 0 heterocycles. The average Bonchev–Trinajstić information content (AvgIpc) is 1.83. The maximum Gasteiger partial charge on any atom is 0.206 e. The smallest absolute Gasteiger partial charge is 0.206 e. The van der Waals surface area contributed by atoms with Crippen molar-refractivity contribution in [3.05, 3.63) is 23.3 Å². The van der Waals surface area contributed by atoms with Gasteiger partial charge in [0, 0.05) is 0 Å². The summed E-state index contributed by atoms with van der Waals surface area (Å²) < 4.78 is 0. The summed E-state index contributed by atoms with van der Waals surface area (Å²) in [4.78, 5) is 10.6. The lowest BCUT2D eigenvalue weighted by atomic mass is 10.1. The normalized spacial score (nSPS) is 26.2. The van der Waals surface area contributed by atoms with Gasteiger partial charge in [0.25, 0.3) is 0 Å². The van der Waals surface area contributed by atoms with Gasteiger partial charge in [-0.15, -0.1) is 0 Å². The zero-order valence-corrected chi connectivity index (χ0v) is 5.30. The van der Waals surface area contributed by atoms with Crippen LogP contribution in [0.1, 0.15) is 0 Å². The Morgan fingerprint density at radius 3 is 2.78 bits per heavy atom. The van der Waals surface area contributed by atoms with Crippen LogP contribution >= 0.6 is 11.6 Å². The van der Waals surface area contributed by atoms with Crippen molar-refractivity contribution in [1.29, 1.82) is 0 Å². The molecule has 1 rings (SSSR count). The molecule has 1 atom stereocenters. The fourth-order valence-corrected chi connectivity index (χ4v) is 0.741. The van der Waals surface area contributed by atoms with Gasteiger partial charge in [-0.2, -0.15) is 0 Å². The van der Waals surface area contributed by atoms with Crippen molar-refractivity contribution < 1.29 is 9.90 Å². The van der Waals surface area contributed by atoms with Crippen LogP contribution in [0.2, 0.25) is 0 Å². The standard InChI is InChI=1S/C6H5ClO2/c7-4-2-1-3-5(8)6(4)9/h1-3,5,8H/t5-/m0/s1. The van der Waals surface area contributed by atoms with E-state index in [9.17, 15) is 4.79 Å². The summed E-state index contributed by atoms with van der Waals surface area (Å²) in [5.41, 5.74) is 0. The summed E-state index contributed by atoms with van der Waals surface area (Å²) in [5, 5.41) is 8.87.